The number of primary amides is 1. The number of fused-ring (bicyclic) bond motifs is 1. The first-order valence-corrected chi connectivity index (χ1v) is 11.9. The molecule has 0 aliphatic rings. The lowest BCUT2D eigenvalue weighted by molar-refractivity contribution is -0.121. The molecular formula is C27H29N7O4. The Labute approximate surface area is 218 Å². The number of phenolic OH excluding ortho intramolecular Hbond substituents is 1. The van der Waals surface area contributed by atoms with E-state index in [1.165, 1.54) is 6.07 Å². The average Bonchev–Trinajstić information content (AvgIpc) is 3.27. The summed E-state index contributed by atoms with van der Waals surface area (Å²) in [5.74, 6) is 0.0983. The third kappa shape index (κ3) is 5.84. The standard InChI is InChI=1S/C27H29N7O4/c1-38-20-10-8-18(9-11-20)32-26(37)17-7-12-22-21(15-17)33-25(16-4-2-5-19(35)14-16)34(22)23(24(28)36)6-3-13-31-27(29)30/h2,4-5,7-12,14-15,23,35H,3,6,13H2,1H3,(H2,28,36)(H,32,37)(H4,29,30,31). The van der Waals surface area contributed by atoms with Gasteiger partial charge in [-0.15, -0.1) is 0 Å². The molecule has 1 heterocycles. The molecule has 0 saturated carbocycles. The Morgan fingerprint density at radius 2 is 1.87 bits per heavy atom. The van der Waals surface area contributed by atoms with Crippen molar-refractivity contribution in [3.05, 3.63) is 72.3 Å². The largest absolute Gasteiger partial charge is 0.508 e. The predicted octanol–water partition coefficient (Wildman–Crippen LogP) is 2.96. The number of aromatic hydroxyl groups is 1. The van der Waals surface area contributed by atoms with Crippen molar-refractivity contribution in [2.75, 3.05) is 19.0 Å². The van der Waals surface area contributed by atoms with E-state index in [9.17, 15) is 14.7 Å². The zero-order valence-electron chi connectivity index (χ0n) is 20.8. The zero-order chi connectivity index (χ0) is 27.2. The van der Waals surface area contributed by atoms with E-state index >= 15 is 0 Å². The van der Waals surface area contributed by atoms with E-state index in [4.69, 9.17) is 26.6 Å². The van der Waals surface area contributed by atoms with Crippen LogP contribution in [-0.4, -0.2) is 46.1 Å². The Balaban J connectivity index is 1.72. The fraction of sp³-hybridized carbons (Fsp3) is 0.185. The maximum atomic E-state index is 13.0. The summed E-state index contributed by atoms with van der Waals surface area (Å²) in [6.07, 6.45) is 0.862. The quantitative estimate of drug-likeness (QED) is 0.107. The molecule has 4 rings (SSSR count). The SMILES string of the molecule is COc1ccc(NC(=O)c2ccc3c(c2)nc(-c2cccc(O)c2)n3C(CCCNC(=N)N)C(N)=O)cc1. The summed E-state index contributed by atoms with van der Waals surface area (Å²) in [7, 11) is 1.57. The van der Waals surface area contributed by atoms with Gasteiger partial charge in [-0.25, -0.2) is 4.98 Å². The van der Waals surface area contributed by atoms with Crippen LogP contribution in [0.1, 0.15) is 29.2 Å². The van der Waals surface area contributed by atoms with Gasteiger partial charge in [0.15, 0.2) is 5.96 Å². The number of guanidine groups is 1. The number of aromatic nitrogens is 2. The van der Waals surface area contributed by atoms with Crippen molar-refractivity contribution < 1.29 is 19.4 Å². The highest BCUT2D eigenvalue weighted by Crippen LogP contribution is 2.32. The molecule has 0 bridgehead atoms. The van der Waals surface area contributed by atoms with Crippen LogP contribution in [-0.2, 0) is 4.79 Å². The number of nitrogens with one attached hydrogen (secondary N) is 3. The van der Waals surface area contributed by atoms with Gasteiger partial charge in [0, 0.05) is 23.4 Å². The Hall–Kier alpha value is -5.06. The number of carbonyl (C=O) groups excluding carboxylic acids is 2. The van der Waals surface area contributed by atoms with Gasteiger partial charge in [0.25, 0.3) is 5.91 Å². The number of nitrogens with two attached hydrogens (primary N) is 2. The summed E-state index contributed by atoms with van der Waals surface area (Å²) in [4.78, 5) is 30.3. The highest BCUT2D eigenvalue weighted by Gasteiger charge is 2.25. The minimum absolute atomic E-state index is 0.0435. The molecule has 0 fully saturated rings. The molecule has 0 saturated heterocycles. The Bertz CT molecular complexity index is 1480. The summed E-state index contributed by atoms with van der Waals surface area (Å²) in [6.45, 7) is 0.392. The first-order valence-electron chi connectivity index (χ1n) is 11.9. The van der Waals surface area contributed by atoms with Crippen molar-refractivity contribution in [2.24, 2.45) is 11.5 Å². The maximum Gasteiger partial charge on any atom is 0.255 e. The van der Waals surface area contributed by atoms with E-state index in [0.717, 1.165) is 0 Å². The van der Waals surface area contributed by atoms with E-state index < -0.39 is 11.9 Å². The highest BCUT2D eigenvalue weighted by molar-refractivity contribution is 6.06. The van der Waals surface area contributed by atoms with Gasteiger partial charge in [0.05, 0.1) is 18.1 Å². The van der Waals surface area contributed by atoms with E-state index in [-0.39, 0.29) is 17.6 Å². The Morgan fingerprint density at radius 3 is 2.53 bits per heavy atom. The van der Waals surface area contributed by atoms with Crippen LogP contribution in [0.5, 0.6) is 11.5 Å². The molecule has 11 nitrogen and oxygen atoms in total. The van der Waals surface area contributed by atoms with Crippen LogP contribution in [0.3, 0.4) is 0 Å². The second-order valence-electron chi connectivity index (χ2n) is 8.64. The number of ether oxygens (including phenoxy) is 1. The van der Waals surface area contributed by atoms with Crippen LogP contribution in [0.4, 0.5) is 5.69 Å². The van der Waals surface area contributed by atoms with Gasteiger partial charge < -0.3 is 36.5 Å². The topological polar surface area (TPSA) is 181 Å². The van der Waals surface area contributed by atoms with Crippen LogP contribution in [0.2, 0.25) is 0 Å². The van der Waals surface area contributed by atoms with E-state index in [1.807, 2.05) is 0 Å². The molecule has 2 amide bonds. The summed E-state index contributed by atoms with van der Waals surface area (Å²) < 4.78 is 6.88. The number of benzene rings is 3. The maximum absolute atomic E-state index is 13.0. The molecule has 11 heteroatoms. The lowest BCUT2D eigenvalue weighted by Gasteiger charge is -2.19. The molecule has 1 atom stereocenters. The Morgan fingerprint density at radius 1 is 1.11 bits per heavy atom. The molecule has 1 unspecified atom stereocenters. The summed E-state index contributed by atoms with van der Waals surface area (Å²) in [5, 5.41) is 23.0. The second-order valence-corrected chi connectivity index (χ2v) is 8.64. The summed E-state index contributed by atoms with van der Waals surface area (Å²) in [5.41, 5.74) is 13.8. The van der Waals surface area contributed by atoms with Gasteiger partial charge in [0.1, 0.15) is 23.4 Å². The number of hydrogen-bond acceptors (Lipinski definition) is 6. The van der Waals surface area contributed by atoms with E-state index in [2.05, 4.69) is 10.6 Å². The van der Waals surface area contributed by atoms with Crippen molar-refractivity contribution in [1.29, 1.82) is 5.41 Å². The minimum atomic E-state index is -0.773. The van der Waals surface area contributed by atoms with E-state index in [1.54, 1.807) is 72.3 Å². The minimum Gasteiger partial charge on any atom is -0.508 e. The fourth-order valence-corrected chi connectivity index (χ4v) is 4.20. The van der Waals surface area contributed by atoms with Gasteiger partial charge in [-0.1, -0.05) is 12.1 Å². The van der Waals surface area contributed by atoms with Crippen molar-refractivity contribution >= 4 is 34.5 Å². The van der Waals surface area contributed by atoms with Crippen LogP contribution < -0.4 is 26.8 Å². The molecule has 4 aromatic rings. The molecule has 8 N–H and O–H groups in total. The first kappa shape index (κ1) is 26.0. The highest BCUT2D eigenvalue weighted by atomic mass is 16.5. The number of hydrogen-bond donors (Lipinski definition) is 6. The van der Waals surface area contributed by atoms with Crippen LogP contribution in [0.25, 0.3) is 22.4 Å². The summed E-state index contributed by atoms with van der Waals surface area (Å²) >= 11 is 0. The first-order chi connectivity index (χ1) is 18.3. The van der Waals surface area contributed by atoms with E-state index in [0.29, 0.717) is 58.8 Å². The number of phenols is 1. The van der Waals surface area contributed by atoms with Crippen LogP contribution in [0, 0.1) is 5.41 Å². The van der Waals surface area contributed by atoms with Crippen molar-refractivity contribution in [3.8, 4) is 22.9 Å². The molecule has 3 aromatic carbocycles. The molecule has 0 aliphatic carbocycles. The lowest BCUT2D eigenvalue weighted by atomic mass is 10.1. The Kier molecular flexibility index (Phi) is 7.76. The van der Waals surface area contributed by atoms with Gasteiger partial charge in [-0.2, -0.15) is 0 Å². The molecule has 1 aromatic heterocycles. The van der Waals surface area contributed by atoms with Gasteiger partial charge in [-0.3, -0.25) is 15.0 Å². The normalized spacial score (nSPS) is 11.6. The molecule has 0 spiro atoms. The van der Waals surface area contributed by atoms with Crippen LogP contribution in [0.15, 0.2) is 66.7 Å². The van der Waals surface area contributed by atoms with Crippen molar-refractivity contribution in [1.82, 2.24) is 14.9 Å². The molecule has 0 radical (unpaired) electrons. The number of nitrogens with zero attached hydrogens (tertiary/aromatic N) is 2. The molecular weight excluding hydrogens is 486 g/mol. The molecule has 0 aliphatic heterocycles. The number of anilines is 1. The number of rotatable bonds is 10. The van der Waals surface area contributed by atoms with Crippen molar-refractivity contribution in [2.45, 2.75) is 18.9 Å². The number of carbonyl (C=O) groups is 2. The van der Waals surface area contributed by atoms with Gasteiger partial charge in [0.2, 0.25) is 5.91 Å². The lowest BCUT2D eigenvalue weighted by Crippen LogP contribution is -2.32. The molecule has 196 valence electrons. The number of amides is 2. The smallest absolute Gasteiger partial charge is 0.255 e. The third-order valence-electron chi connectivity index (χ3n) is 6.01. The number of methoxy groups -OCH3 is 1. The third-order valence-corrected chi connectivity index (χ3v) is 6.01. The van der Waals surface area contributed by atoms with Crippen LogP contribution >= 0.6 is 0 Å². The zero-order valence-corrected chi connectivity index (χ0v) is 20.8. The fourth-order valence-electron chi connectivity index (χ4n) is 4.20. The molecule has 38 heavy (non-hydrogen) atoms. The average molecular weight is 516 g/mol. The van der Waals surface area contributed by atoms with Gasteiger partial charge in [-0.05, 0) is 67.4 Å². The van der Waals surface area contributed by atoms with Gasteiger partial charge >= 0.3 is 0 Å². The monoisotopic (exact) mass is 515 g/mol. The predicted molar refractivity (Wildman–Crippen MR) is 145 cm³/mol. The second kappa shape index (κ2) is 11.3. The number of imidazole rings is 1. The summed E-state index contributed by atoms with van der Waals surface area (Å²) in [6, 6.07) is 17.8. The van der Waals surface area contributed by atoms with Crippen molar-refractivity contribution in [3.63, 3.8) is 0 Å².